The fraction of sp³-hybridized carbons (Fsp3) is 0.933. The second-order valence-electron chi connectivity index (χ2n) is 5.57. The molecule has 0 rings (SSSR count). The van der Waals surface area contributed by atoms with Crippen molar-refractivity contribution in [3.05, 3.63) is 0 Å². The minimum atomic E-state index is -0.342. The minimum Gasteiger partial charge on any atom is -0.304 e. The Bertz CT molecular complexity index is 247. The molecule has 0 heterocycles. The van der Waals surface area contributed by atoms with Crippen LogP contribution in [-0.4, -0.2) is 36.6 Å². The Balaban J connectivity index is 3.85. The summed E-state index contributed by atoms with van der Waals surface area (Å²) in [6.45, 7) is 10.7. The van der Waals surface area contributed by atoms with Crippen LogP contribution >= 0.6 is 0 Å². The van der Waals surface area contributed by atoms with Crippen molar-refractivity contribution < 1.29 is 0 Å². The van der Waals surface area contributed by atoms with E-state index < -0.39 is 0 Å². The summed E-state index contributed by atoms with van der Waals surface area (Å²) in [6, 6.07) is 3.07. The Morgan fingerprint density at radius 1 is 1.33 bits per heavy atom. The first-order chi connectivity index (χ1) is 8.49. The van der Waals surface area contributed by atoms with E-state index in [-0.39, 0.29) is 5.54 Å². The summed E-state index contributed by atoms with van der Waals surface area (Å²) in [5.74, 6) is 0. The quantitative estimate of drug-likeness (QED) is 0.608. The van der Waals surface area contributed by atoms with Gasteiger partial charge in [0.25, 0.3) is 0 Å². The van der Waals surface area contributed by atoms with Gasteiger partial charge in [-0.2, -0.15) is 5.26 Å². The molecule has 2 atom stereocenters. The molecule has 0 spiro atoms. The lowest BCUT2D eigenvalue weighted by molar-refractivity contribution is 0.243. The predicted octanol–water partition coefficient (Wildman–Crippen LogP) is 3.17. The van der Waals surface area contributed by atoms with Gasteiger partial charge < -0.3 is 4.90 Å². The molecule has 0 aliphatic carbocycles. The Morgan fingerprint density at radius 3 is 2.50 bits per heavy atom. The third-order valence-corrected chi connectivity index (χ3v) is 3.79. The Hall–Kier alpha value is -0.590. The zero-order valence-corrected chi connectivity index (χ0v) is 12.9. The molecule has 3 nitrogen and oxygen atoms in total. The van der Waals surface area contributed by atoms with Crippen LogP contribution in [-0.2, 0) is 0 Å². The molecule has 0 amide bonds. The molecule has 18 heavy (non-hydrogen) atoms. The molecular formula is C15H31N3. The van der Waals surface area contributed by atoms with Gasteiger partial charge >= 0.3 is 0 Å². The maximum absolute atomic E-state index is 9.22. The smallest absolute Gasteiger partial charge is 0.103 e. The Morgan fingerprint density at radius 2 is 2.00 bits per heavy atom. The van der Waals surface area contributed by atoms with Gasteiger partial charge in [-0.3, -0.25) is 5.32 Å². The molecule has 0 radical (unpaired) electrons. The number of nitrogens with one attached hydrogen (secondary N) is 1. The van der Waals surface area contributed by atoms with Gasteiger partial charge in [-0.25, -0.2) is 0 Å². The van der Waals surface area contributed by atoms with Crippen LogP contribution in [0.4, 0.5) is 0 Å². The van der Waals surface area contributed by atoms with Crippen molar-refractivity contribution in [1.29, 1.82) is 5.26 Å². The van der Waals surface area contributed by atoms with Gasteiger partial charge in [0.15, 0.2) is 0 Å². The number of nitriles is 1. The summed E-state index contributed by atoms with van der Waals surface area (Å²) in [7, 11) is 2.19. The van der Waals surface area contributed by atoms with E-state index in [2.05, 4.69) is 44.1 Å². The zero-order valence-electron chi connectivity index (χ0n) is 12.9. The summed E-state index contributed by atoms with van der Waals surface area (Å²) >= 11 is 0. The highest BCUT2D eigenvalue weighted by Gasteiger charge is 2.21. The average molecular weight is 253 g/mol. The molecule has 0 aromatic rings. The monoisotopic (exact) mass is 253 g/mol. The van der Waals surface area contributed by atoms with Gasteiger partial charge in [0.2, 0.25) is 0 Å². The normalized spacial score (nSPS) is 16.3. The van der Waals surface area contributed by atoms with Crippen LogP contribution in [0.25, 0.3) is 0 Å². The maximum Gasteiger partial charge on any atom is 0.103 e. The highest BCUT2D eigenvalue weighted by atomic mass is 15.1. The second-order valence-corrected chi connectivity index (χ2v) is 5.57. The molecular weight excluding hydrogens is 222 g/mol. The SMILES string of the molecule is CCCNC(C)(C#N)CCCCN(C)C(C)CC. The van der Waals surface area contributed by atoms with Crippen molar-refractivity contribution in [3.8, 4) is 6.07 Å². The molecule has 2 unspecified atom stereocenters. The topological polar surface area (TPSA) is 39.1 Å². The van der Waals surface area contributed by atoms with Gasteiger partial charge in [0, 0.05) is 6.04 Å². The number of unbranched alkanes of at least 4 members (excludes halogenated alkanes) is 1. The third-order valence-electron chi connectivity index (χ3n) is 3.79. The maximum atomic E-state index is 9.22. The first-order valence-corrected chi connectivity index (χ1v) is 7.35. The minimum absolute atomic E-state index is 0.342. The van der Waals surface area contributed by atoms with Crippen molar-refractivity contribution in [2.24, 2.45) is 0 Å². The fourth-order valence-electron chi connectivity index (χ4n) is 1.96. The van der Waals surface area contributed by atoms with Gasteiger partial charge in [-0.1, -0.05) is 13.8 Å². The first kappa shape index (κ1) is 17.4. The van der Waals surface area contributed by atoms with Crippen LogP contribution in [0.1, 0.15) is 59.8 Å². The number of rotatable bonds is 10. The first-order valence-electron chi connectivity index (χ1n) is 7.35. The van der Waals surface area contributed by atoms with Crippen LogP contribution in [0.15, 0.2) is 0 Å². The molecule has 1 N–H and O–H groups in total. The molecule has 106 valence electrons. The molecule has 0 aromatic carbocycles. The van der Waals surface area contributed by atoms with Crippen LogP contribution in [0.2, 0.25) is 0 Å². The van der Waals surface area contributed by atoms with Crippen molar-refractivity contribution in [1.82, 2.24) is 10.2 Å². The largest absolute Gasteiger partial charge is 0.304 e. The molecule has 0 aliphatic heterocycles. The van der Waals surface area contributed by atoms with Gasteiger partial charge in [-0.15, -0.1) is 0 Å². The molecule has 0 aromatic heterocycles. The molecule has 0 saturated heterocycles. The third kappa shape index (κ3) is 6.98. The van der Waals surface area contributed by atoms with Crippen LogP contribution in [0.5, 0.6) is 0 Å². The summed E-state index contributed by atoms with van der Waals surface area (Å²) in [5.41, 5.74) is -0.342. The van der Waals surface area contributed by atoms with E-state index in [1.54, 1.807) is 0 Å². The molecule has 0 saturated carbocycles. The Labute approximate surface area is 114 Å². The van der Waals surface area contributed by atoms with E-state index in [4.69, 9.17) is 0 Å². The van der Waals surface area contributed by atoms with E-state index >= 15 is 0 Å². The summed E-state index contributed by atoms with van der Waals surface area (Å²) in [4.78, 5) is 2.41. The molecule has 0 bridgehead atoms. The van der Waals surface area contributed by atoms with Crippen molar-refractivity contribution in [2.45, 2.75) is 71.4 Å². The van der Waals surface area contributed by atoms with Crippen molar-refractivity contribution in [2.75, 3.05) is 20.1 Å². The lowest BCUT2D eigenvalue weighted by atomic mass is 9.96. The van der Waals surface area contributed by atoms with E-state index in [1.165, 1.54) is 12.8 Å². The van der Waals surface area contributed by atoms with E-state index in [9.17, 15) is 5.26 Å². The molecule has 0 aliphatic rings. The Kier molecular flexibility index (Phi) is 9.05. The van der Waals surface area contributed by atoms with Crippen LogP contribution < -0.4 is 5.32 Å². The number of hydrogen-bond donors (Lipinski definition) is 1. The van der Waals surface area contributed by atoms with Gasteiger partial charge in [0.05, 0.1) is 6.07 Å². The van der Waals surface area contributed by atoms with Crippen LogP contribution in [0.3, 0.4) is 0 Å². The average Bonchev–Trinajstić information content (AvgIpc) is 2.40. The molecule has 3 heteroatoms. The summed E-state index contributed by atoms with van der Waals surface area (Å²) in [5, 5.41) is 12.6. The van der Waals surface area contributed by atoms with E-state index in [0.29, 0.717) is 6.04 Å². The van der Waals surface area contributed by atoms with Gasteiger partial charge in [-0.05, 0) is 66.1 Å². The van der Waals surface area contributed by atoms with E-state index in [1.807, 2.05) is 6.92 Å². The number of hydrogen-bond acceptors (Lipinski definition) is 3. The van der Waals surface area contributed by atoms with E-state index in [0.717, 1.165) is 32.4 Å². The van der Waals surface area contributed by atoms with Crippen LogP contribution in [0, 0.1) is 11.3 Å². The molecule has 0 fully saturated rings. The highest BCUT2D eigenvalue weighted by Crippen LogP contribution is 2.13. The predicted molar refractivity (Wildman–Crippen MR) is 78.5 cm³/mol. The summed E-state index contributed by atoms with van der Waals surface area (Å²) < 4.78 is 0. The van der Waals surface area contributed by atoms with Crippen molar-refractivity contribution in [3.63, 3.8) is 0 Å². The summed E-state index contributed by atoms with van der Waals surface area (Å²) in [6.07, 6.45) is 5.50. The van der Waals surface area contributed by atoms with Crippen molar-refractivity contribution >= 4 is 0 Å². The zero-order chi connectivity index (χ0) is 14.0. The highest BCUT2D eigenvalue weighted by molar-refractivity contribution is 5.03. The lowest BCUT2D eigenvalue weighted by Gasteiger charge is -2.25. The fourth-order valence-corrected chi connectivity index (χ4v) is 1.96. The lowest BCUT2D eigenvalue weighted by Crippen LogP contribution is -2.41. The van der Waals surface area contributed by atoms with Gasteiger partial charge in [0.1, 0.15) is 5.54 Å². The second kappa shape index (κ2) is 9.35. The standard InChI is InChI=1S/C15H31N3/c1-6-11-17-15(4,13-16)10-8-9-12-18(5)14(3)7-2/h14,17H,6-12H2,1-5H3. The number of nitrogens with zero attached hydrogens (tertiary/aromatic N) is 2.